The molecule has 6 heteroatoms. The summed E-state index contributed by atoms with van der Waals surface area (Å²) in [6.07, 6.45) is 0. The van der Waals surface area contributed by atoms with Crippen LogP contribution in [-0.4, -0.2) is 17.4 Å². The van der Waals surface area contributed by atoms with Gasteiger partial charge in [0.25, 0.3) is 0 Å². The van der Waals surface area contributed by atoms with Crippen molar-refractivity contribution in [3.05, 3.63) is 106 Å². The lowest BCUT2D eigenvalue weighted by Gasteiger charge is -2.17. The molecule has 0 heterocycles. The maximum Gasteiger partial charge on any atom is 0.234 e. The van der Waals surface area contributed by atoms with Crippen molar-refractivity contribution >= 4 is 34.8 Å². The van der Waals surface area contributed by atoms with Crippen LogP contribution in [0.25, 0.3) is 0 Å². The van der Waals surface area contributed by atoms with Gasteiger partial charge in [-0.2, -0.15) is 5.26 Å². The van der Waals surface area contributed by atoms with Crippen molar-refractivity contribution in [3.63, 3.8) is 0 Å². The number of nitriles is 1. The Labute approximate surface area is 211 Å². The van der Waals surface area contributed by atoms with Crippen LogP contribution < -0.4 is 10.6 Å². The van der Waals surface area contributed by atoms with Crippen LogP contribution in [0.15, 0.2) is 83.4 Å². The summed E-state index contributed by atoms with van der Waals surface area (Å²) in [5.41, 5.74) is 4.97. The Bertz CT molecular complexity index is 1290. The highest BCUT2D eigenvalue weighted by molar-refractivity contribution is 8.03. The molecule has 0 atom stereocenters. The van der Waals surface area contributed by atoms with Crippen LogP contribution in [-0.2, 0) is 4.79 Å². The third-order valence-corrected chi connectivity index (χ3v) is 6.54. The summed E-state index contributed by atoms with van der Waals surface area (Å²) in [4.78, 5) is 26.1. The molecule has 0 fully saturated rings. The summed E-state index contributed by atoms with van der Waals surface area (Å²) < 4.78 is 0. The van der Waals surface area contributed by atoms with E-state index in [1.807, 2.05) is 62.4 Å². The molecule has 0 aliphatic heterocycles. The van der Waals surface area contributed by atoms with Crippen LogP contribution >= 0.6 is 11.8 Å². The number of anilines is 2. The number of amides is 1. The number of allylic oxidation sites excluding steroid dienone is 1. The third kappa shape index (κ3) is 6.62. The summed E-state index contributed by atoms with van der Waals surface area (Å²) in [6.45, 7) is 8.07. The van der Waals surface area contributed by atoms with E-state index in [1.165, 1.54) is 0 Å². The van der Waals surface area contributed by atoms with Crippen molar-refractivity contribution in [1.82, 2.24) is 0 Å². The van der Waals surface area contributed by atoms with Gasteiger partial charge in [0.15, 0.2) is 0 Å². The molecule has 2 N–H and O–H groups in total. The molecule has 3 aromatic rings. The zero-order valence-electron chi connectivity index (χ0n) is 20.4. The monoisotopic (exact) mass is 483 g/mol. The first-order valence-electron chi connectivity index (χ1n) is 11.4. The highest BCUT2D eigenvalue weighted by Gasteiger charge is 2.20. The lowest BCUT2D eigenvalue weighted by atomic mass is 9.98. The molecule has 0 radical (unpaired) electrons. The maximum atomic E-state index is 13.2. The molecule has 178 valence electrons. The van der Waals surface area contributed by atoms with Gasteiger partial charge in [-0.3, -0.25) is 9.59 Å². The number of nitrogens with zero attached hydrogens (tertiary/aromatic N) is 1. The van der Waals surface area contributed by atoms with E-state index in [4.69, 9.17) is 0 Å². The Balaban J connectivity index is 1.90. The second-order valence-corrected chi connectivity index (χ2v) is 9.47. The Morgan fingerprint density at radius 1 is 0.886 bits per heavy atom. The standard InChI is InChI=1S/C29H29N3O2S/c1-19(2)23-15-10-12-21(4)27(23)32-26(33)18-35-29(31-25-16-9-8-11-20(25)3)24(17-30)28(34)22-13-6-5-7-14-22/h5-16,19,31H,18H2,1-4H3,(H,32,33)/b29-24+. The van der Waals surface area contributed by atoms with E-state index in [0.717, 1.165) is 39.8 Å². The van der Waals surface area contributed by atoms with Crippen molar-refractivity contribution in [2.24, 2.45) is 0 Å². The van der Waals surface area contributed by atoms with Gasteiger partial charge in [0.1, 0.15) is 11.6 Å². The van der Waals surface area contributed by atoms with Crippen LogP contribution in [0.4, 0.5) is 11.4 Å². The molecule has 3 rings (SSSR count). The minimum Gasteiger partial charge on any atom is -0.349 e. The van der Waals surface area contributed by atoms with Crippen molar-refractivity contribution in [2.75, 3.05) is 16.4 Å². The van der Waals surface area contributed by atoms with E-state index in [-0.39, 0.29) is 23.2 Å². The lowest BCUT2D eigenvalue weighted by Crippen LogP contribution is -2.18. The molecule has 0 aliphatic carbocycles. The van der Waals surface area contributed by atoms with Gasteiger partial charge in [-0.1, -0.05) is 92.3 Å². The minimum atomic E-state index is -0.391. The van der Waals surface area contributed by atoms with Crippen molar-refractivity contribution in [2.45, 2.75) is 33.6 Å². The van der Waals surface area contributed by atoms with E-state index >= 15 is 0 Å². The molecule has 1 amide bonds. The zero-order chi connectivity index (χ0) is 25.4. The summed E-state index contributed by atoms with van der Waals surface area (Å²) in [5, 5.41) is 16.5. The van der Waals surface area contributed by atoms with Gasteiger partial charge in [0.2, 0.25) is 11.7 Å². The molecular weight excluding hydrogens is 454 g/mol. The number of hydrogen-bond acceptors (Lipinski definition) is 5. The summed E-state index contributed by atoms with van der Waals surface area (Å²) in [6, 6.07) is 24.3. The first-order valence-corrected chi connectivity index (χ1v) is 12.4. The number of benzene rings is 3. The Kier molecular flexibility index (Phi) is 8.88. The molecule has 0 saturated carbocycles. The molecule has 0 aliphatic rings. The van der Waals surface area contributed by atoms with Gasteiger partial charge in [-0.25, -0.2) is 0 Å². The normalized spacial score (nSPS) is 11.4. The van der Waals surface area contributed by atoms with E-state index in [9.17, 15) is 14.9 Å². The summed E-state index contributed by atoms with van der Waals surface area (Å²) in [7, 11) is 0. The molecular formula is C29H29N3O2S. The van der Waals surface area contributed by atoms with Gasteiger partial charge in [-0.05, 0) is 42.5 Å². The number of carbonyl (C=O) groups is 2. The molecule has 3 aromatic carbocycles. The highest BCUT2D eigenvalue weighted by Crippen LogP contribution is 2.29. The summed E-state index contributed by atoms with van der Waals surface area (Å²) >= 11 is 1.14. The molecule has 0 aromatic heterocycles. The van der Waals surface area contributed by atoms with E-state index in [1.54, 1.807) is 24.3 Å². The maximum absolute atomic E-state index is 13.2. The largest absolute Gasteiger partial charge is 0.349 e. The number of Topliss-reactive ketones (excluding diaryl/α,β-unsaturated/α-hetero) is 1. The first-order chi connectivity index (χ1) is 16.8. The second-order valence-electron chi connectivity index (χ2n) is 8.48. The number of hydrogen-bond donors (Lipinski definition) is 2. The van der Waals surface area contributed by atoms with Gasteiger partial charge < -0.3 is 10.6 Å². The SMILES string of the molecule is Cc1ccccc1N/C(SCC(=O)Nc1c(C)cccc1C(C)C)=C(/C#N)C(=O)c1ccccc1. The number of para-hydroxylation sites is 2. The Hall–Kier alpha value is -3.82. The smallest absolute Gasteiger partial charge is 0.234 e. The fraction of sp³-hybridized carbons (Fsp3) is 0.207. The number of nitrogens with one attached hydrogen (secondary N) is 2. The van der Waals surface area contributed by atoms with Crippen LogP contribution in [0.5, 0.6) is 0 Å². The van der Waals surface area contributed by atoms with E-state index in [0.29, 0.717) is 10.6 Å². The van der Waals surface area contributed by atoms with Crippen molar-refractivity contribution in [3.8, 4) is 6.07 Å². The van der Waals surface area contributed by atoms with E-state index in [2.05, 4.69) is 30.6 Å². The van der Waals surface area contributed by atoms with Crippen LogP contribution in [0.1, 0.15) is 46.8 Å². The van der Waals surface area contributed by atoms with Crippen LogP contribution in [0.2, 0.25) is 0 Å². The fourth-order valence-corrected chi connectivity index (χ4v) is 4.41. The predicted molar refractivity (Wildman–Crippen MR) is 145 cm³/mol. The molecule has 0 spiro atoms. The number of aryl methyl sites for hydroxylation is 2. The predicted octanol–water partition coefficient (Wildman–Crippen LogP) is 6.83. The molecule has 35 heavy (non-hydrogen) atoms. The van der Waals surface area contributed by atoms with Crippen LogP contribution in [0.3, 0.4) is 0 Å². The second kappa shape index (κ2) is 12.0. The molecule has 0 saturated heterocycles. The highest BCUT2D eigenvalue weighted by atomic mass is 32.2. The molecule has 0 unspecified atom stereocenters. The van der Waals surface area contributed by atoms with Gasteiger partial charge >= 0.3 is 0 Å². The van der Waals surface area contributed by atoms with Crippen LogP contribution in [0, 0.1) is 25.2 Å². The number of ketones is 1. The number of rotatable bonds is 9. The lowest BCUT2D eigenvalue weighted by molar-refractivity contribution is -0.113. The average molecular weight is 484 g/mol. The fourth-order valence-electron chi connectivity index (χ4n) is 3.60. The van der Waals surface area contributed by atoms with Gasteiger partial charge in [-0.15, -0.1) is 0 Å². The van der Waals surface area contributed by atoms with Gasteiger partial charge in [0.05, 0.1) is 10.8 Å². The zero-order valence-corrected chi connectivity index (χ0v) is 21.2. The topological polar surface area (TPSA) is 82.0 Å². The van der Waals surface area contributed by atoms with Gasteiger partial charge in [0, 0.05) is 16.9 Å². The average Bonchev–Trinajstić information content (AvgIpc) is 2.85. The Morgan fingerprint density at radius 3 is 2.20 bits per heavy atom. The third-order valence-electron chi connectivity index (χ3n) is 5.53. The molecule has 5 nitrogen and oxygen atoms in total. The van der Waals surface area contributed by atoms with E-state index < -0.39 is 5.78 Å². The quantitative estimate of drug-likeness (QED) is 0.198. The van der Waals surface area contributed by atoms with Crippen molar-refractivity contribution in [1.29, 1.82) is 5.26 Å². The first kappa shape index (κ1) is 25.8. The number of carbonyl (C=O) groups excluding carboxylic acids is 2. The number of thioether (sulfide) groups is 1. The Morgan fingerprint density at radius 2 is 1.54 bits per heavy atom. The van der Waals surface area contributed by atoms with Crippen molar-refractivity contribution < 1.29 is 9.59 Å². The molecule has 0 bridgehead atoms. The minimum absolute atomic E-state index is 0.0315. The summed E-state index contributed by atoms with van der Waals surface area (Å²) in [5.74, 6) is -0.310.